The number of halogens is 2. The Balaban J connectivity index is 1.52. The smallest absolute Gasteiger partial charge is 0.135 e. The van der Waals surface area contributed by atoms with Crippen LogP contribution in [-0.2, 0) is 6.54 Å². The minimum Gasteiger partial charge on any atom is -0.497 e. The van der Waals surface area contributed by atoms with Gasteiger partial charge in [0.2, 0.25) is 0 Å². The molecule has 0 unspecified atom stereocenters. The molecular formula is C28H28F2N4O. The van der Waals surface area contributed by atoms with Crippen LogP contribution in [0.15, 0.2) is 72.9 Å². The summed E-state index contributed by atoms with van der Waals surface area (Å²) in [4.78, 5) is 4.58. The third-order valence-electron chi connectivity index (χ3n) is 6.57. The first-order chi connectivity index (χ1) is 17.0. The molecule has 0 saturated carbocycles. The number of benzene rings is 3. The Labute approximate surface area is 204 Å². The molecule has 35 heavy (non-hydrogen) atoms. The second-order valence-electron chi connectivity index (χ2n) is 8.88. The van der Waals surface area contributed by atoms with E-state index in [9.17, 15) is 8.78 Å². The maximum Gasteiger partial charge on any atom is 0.135 e. The van der Waals surface area contributed by atoms with Crippen molar-refractivity contribution < 1.29 is 13.5 Å². The van der Waals surface area contributed by atoms with Crippen molar-refractivity contribution in [1.82, 2.24) is 19.6 Å². The molecule has 1 fully saturated rings. The Kier molecular flexibility index (Phi) is 6.61. The number of hydrogen-bond donors (Lipinski definition) is 0. The molecular weight excluding hydrogens is 446 g/mol. The van der Waals surface area contributed by atoms with E-state index in [1.807, 2.05) is 48.5 Å². The summed E-state index contributed by atoms with van der Waals surface area (Å²) in [5.41, 5.74) is 4.03. The summed E-state index contributed by atoms with van der Waals surface area (Å²) in [7, 11) is 3.74. The van der Waals surface area contributed by atoms with Crippen LogP contribution in [0.1, 0.15) is 5.56 Å². The van der Waals surface area contributed by atoms with Gasteiger partial charge in [-0.15, -0.1) is 0 Å². The molecule has 180 valence electrons. The highest BCUT2D eigenvalue weighted by Gasteiger charge is 2.24. The van der Waals surface area contributed by atoms with Crippen LogP contribution in [0.2, 0.25) is 0 Å². The van der Waals surface area contributed by atoms with Crippen molar-refractivity contribution in [3.63, 3.8) is 0 Å². The van der Waals surface area contributed by atoms with Gasteiger partial charge in [0.25, 0.3) is 0 Å². The molecule has 0 amide bonds. The molecule has 3 aromatic carbocycles. The standard InChI is InChI=1S/C28H28F2N4O/c1-32-14-16-33(17-15-32)19-22-18-31-34(28(22)27-25(29)4-3-5-26(27)30)23-10-6-20(7-11-23)21-8-12-24(35-2)13-9-21/h3-13,18H,14-17,19H2,1-2H3. The number of hydrogen-bond acceptors (Lipinski definition) is 4. The molecule has 0 N–H and O–H groups in total. The number of piperazine rings is 1. The lowest BCUT2D eigenvalue weighted by atomic mass is 10.0. The van der Waals surface area contributed by atoms with Crippen LogP contribution in [0.5, 0.6) is 5.75 Å². The Morgan fingerprint density at radius 2 is 1.43 bits per heavy atom. The summed E-state index contributed by atoms with van der Waals surface area (Å²) in [6.07, 6.45) is 1.73. The minimum absolute atomic E-state index is 0.0478. The maximum atomic E-state index is 15.0. The monoisotopic (exact) mass is 474 g/mol. The Morgan fingerprint density at radius 1 is 0.829 bits per heavy atom. The van der Waals surface area contributed by atoms with Gasteiger partial charge in [-0.05, 0) is 54.6 Å². The van der Waals surface area contributed by atoms with E-state index in [0.717, 1.165) is 54.3 Å². The SMILES string of the molecule is COc1ccc(-c2ccc(-n3ncc(CN4CCN(C)CC4)c3-c3c(F)cccc3F)cc2)cc1. The van der Waals surface area contributed by atoms with Crippen LogP contribution in [0, 0.1) is 11.6 Å². The van der Waals surface area contributed by atoms with Crippen LogP contribution >= 0.6 is 0 Å². The van der Waals surface area contributed by atoms with Gasteiger partial charge in [0.15, 0.2) is 0 Å². The van der Waals surface area contributed by atoms with Crippen molar-refractivity contribution in [2.75, 3.05) is 40.3 Å². The third kappa shape index (κ3) is 4.83. The summed E-state index contributed by atoms with van der Waals surface area (Å²) in [5, 5.41) is 4.58. The van der Waals surface area contributed by atoms with E-state index >= 15 is 0 Å². The quantitative estimate of drug-likeness (QED) is 0.383. The highest BCUT2D eigenvalue weighted by molar-refractivity contribution is 5.69. The first kappa shape index (κ1) is 23.2. The first-order valence-electron chi connectivity index (χ1n) is 11.7. The highest BCUT2D eigenvalue weighted by Crippen LogP contribution is 2.33. The van der Waals surface area contributed by atoms with Crippen LogP contribution in [-0.4, -0.2) is 59.9 Å². The van der Waals surface area contributed by atoms with E-state index in [1.54, 1.807) is 18.0 Å². The third-order valence-corrected chi connectivity index (χ3v) is 6.57. The van der Waals surface area contributed by atoms with Crippen LogP contribution in [0.4, 0.5) is 8.78 Å². The number of likely N-dealkylation sites (N-methyl/N-ethyl adjacent to an activating group) is 1. The number of nitrogens with zero attached hydrogens (tertiary/aromatic N) is 4. The molecule has 4 aromatic rings. The summed E-state index contributed by atoms with van der Waals surface area (Å²) >= 11 is 0. The van der Waals surface area contributed by atoms with Crippen LogP contribution in [0.3, 0.4) is 0 Å². The van der Waals surface area contributed by atoms with Gasteiger partial charge >= 0.3 is 0 Å². The zero-order valence-electron chi connectivity index (χ0n) is 19.9. The molecule has 0 radical (unpaired) electrons. The van der Waals surface area contributed by atoms with Crippen molar-refractivity contribution in [2.24, 2.45) is 0 Å². The van der Waals surface area contributed by atoms with Crippen molar-refractivity contribution in [3.8, 4) is 33.8 Å². The van der Waals surface area contributed by atoms with Gasteiger partial charge in [-0.25, -0.2) is 13.5 Å². The van der Waals surface area contributed by atoms with Gasteiger partial charge < -0.3 is 9.64 Å². The minimum atomic E-state index is -0.596. The normalized spacial score (nSPS) is 14.9. The van der Waals surface area contributed by atoms with Gasteiger partial charge in [-0.3, -0.25) is 4.90 Å². The Morgan fingerprint density at radius 3 is 2.03 bits per heavy atom. The molecule has 2 heterocycles. The lowest BCUT2D eigenvalue weighted by molar-refractivity contribution is 0.148. The molecule has 1 aliphatic heterocycles. The topological polar surface area (TPSA) is 33.5 Å². The Bertz CT molecular complexity index is 1270. The largest absolute Gasteiger partial charge is 0.497 e. The first-order valence-corrected chi connectivity index (χ1v) is 11.7. The van der Waals surface area contributed by atoms with E-state index in [-0.39, 0.29) is 5.56 Å². The summed E-state index contributed by atoms with van der Waals surface area (Å²) in [6.45, 7) is 4.31. The molecule has 1 aromatic heterocycles. The van der Waals surface area contributed by atoms with E-state index in [4.69, 9.17) is 4.74 Å². The fraction of sp³-hybridized carbons (Fsp3) is 0.250. The van der Waals surface area contributed by atoms with E-state index in [1.165, 1.54) is 18.2 Å². The average molecular weight is 475 g/mol. The van der Waals surface area contributed by atoms with Gasteiger partial charge in [0.1, 0.15) is 17.4 Å². The average Bonchev–Trinajstić information content (AvgIpc) is 3.28. The summed E-state index contributed by atoms with van der Waals surface area (Å²) < 4.78 is 36.8. The molecule has 1 aliphatic rings. The molecule has 1 saturated heterocycles. The van der Waals surface area contributed by atoms with E-state index < -0.39 is 11.6 Å². The zero-order chi connectivity index (χ0) is 24.4. The second kappa shape index (κ2) is 9.98. The summed E-state index contributed by atoms with van der Waals surface area (Å²) in [6, 6.07) is 19.6. The number of methoxy groups -OCH3 is 1. The van der Waals surface area contributed by atoms with Crippen molar-refractivity contribution in [1.29, 1.82) is 0 Å². The van der Waals surface area contributed by atoms with Gasteiger partial charge in [-0.2, -0.15) is 5.10 Å². The molecule has 5 rings (SSSR count). The second-order valence-corrected chi connectivity index (χ2v) is 8.88. The van der Waals surface area contributed by atoms with Crippen molar-refractivity contribution in [2.45, 2.75) is 6.54 Å². The predicted octanol–water partition coefficient (Wildman–Crippen LogP) is 5.24. The molecule has 0 bridgehead atoms. The van der Waals surface area contributed by atoms with Gasteiger partial charge in [0.05, 0.1) is 30.3 Å². The van der Waals surface area contributed by atoms with E-state index in [0.29, 0.717) is 12.2 Å². The lowest BCUT2D eigenvalue weighted by Crippen LogP contribution is -2.43. The molecule has 5 nitrogen and oxygen atoms in total. The highest BCUT2D eigenvalue weighted by atomic mass is 19.1. The van der Waals surface area contributed by atoms with Gasteiger partial charge in [0, 0.05) is 38.3 Å². The number of rotatable bonds is 6. The molecule has 7 heteroatoms. The fourth-order valence-electron chi connectivity index (χ4n) is 4.51. The van der Waals surface area contributed by atoms with Gasteiger partial charge in [-0.1, -0.05) is 30.3 Å². The number of aromatic nitrogens is 2. The van der Waals surface area contributed by atoms with Crippen LogP contribution < -0.4 is 4.74 Å². The number of ether oxygens (including phenoxy) is 1. The lowest BCUT2D eigenvalue weighted by Gasteiger charge is -2.32. The Hall–Kier alpha value is -3.55. The van der Waals surface area contributed by atoms with Crippen molar-refractivity contribution in [3.05, 3.63) is 90.1 Å². The maximum absolute atomic E-state index is 15.0. The zero-order valence-corrected chi connectivity index (χ0v) is 19.9. The predicted molar refractivity (Wildman–Crippen MR) is 134 cm³/mol. The molecule has 0 atom stereocenters. The van der Waals surface area contributed by atoms with Crippen molar-refractivity contribution >= 4 is 0 Å². The molecule has 0 aliphatic carbocycles. The van der Waals surface area contributed by atoms with E-state index in [2.05, 4.69) is 21.9 Å². The summed E-state index contributed by atoms with van der Waals surface area (Å²) in [5.74, 6) is -0.395. The molecule has 0 spiro atoms. The fourth-order valence-corrected chi connectivity index (χ4v) is 4.51. The van der Waals surface area contributed by atoms with Crippen LogP contribution in [0.25, 0.3) is 28.1 Å².